The summed E-state index contributed by atoms with van der Waals surface area (Å²) in [6, 6.07) is 16.1. The van der Waals surface area contributed by atoms with Crippen LogP contribution in [0.3, 0.4) is 0 Å². The van der Waals surface area contributed by atoms with E-state index in [4.69, 9.17) is 14.8 Å². The fourth-order valence-corrected chi connectivity index (χ4v) is 2.91. The number of sulfonamides is 1. The average Bonchev–Trinajstić information content (AvgIpc) is 3.02. The van der Waals surface area contributed by atoms with Crippen LogP contribution in [0.15, 0.2) is 59.1 Å². The van der Waals surface area contributed by atoms with Crippen molar-refractivity contribution in [2.75, 3.05) is 5.32 Å². The number of primary sulfonamides is 1. The molecular formula is C17H14N4O3S. The van der Waals surface area contributed by atoms with E-state index >= 15 is 0 Å². The van der Waals surface area contributed by atoms with Crippen LogP contribution in [0, 0.1) is 11.3 Å². The molecule has 0 unspecified atom stereocenters. The van der Waals surface area contributed by atoms with Gasteiger partial charge in [-0.2, -0.15) is 5.26 Å². The molecule has 8 heteroatoms. The van der Waals surface area contributed by atoms with Crippen LogP contribution in [0.2, 0.25) is 0 Å². The monoisotopic (exact) mass is 354 g/mol. The fraction of sp³-hybridized carbons (Fsp3) is 0.0588. The second-order valence-corrected chi connectivity index (χ2v) is 6.97. The van der Waals surface area contributed by atoms with Crippen LogP contribution in [0.5, 0.6) is 0 Å². The van der Waals surface area contributed by atoms with Crippen LogP contribution in [-0.2, 0) is 15.8 Å². The molecule has 0 saturated heterocycles. The highest BCUT2D eigenvalue weighted by Crippen LogP contribution is 2.25. The molecule has 3 rings (SSSR count). The van der Waals surface area contributed by atoms with Crippen molar-refractivity contribution >= 4 is 21.7 Å². The number of nitrogens with one attached hydrogen (secondary N) is 1. The van der Waals surface area contributed by atoms with Gasteiger partial charge in [0.1, 0.15) is 0 Å². The van der Waals surface area contributed by atoms with E-state index in [9.17, 15) is 8.42 Å². The maximum absolute atomic E-state index is 11.2. The third-order valence-electron chi connectivity index (χ3n) is 3.35. The Morgan fingerprint density at radius 2 is 1.96 bits per heavy atom. The first-order valence-corrected chi connectivity index (χ1v) is 8.97. The summed E-state index contributed by atoms with van der Waals surface area (Å²) < 4.78 is 28.0. The highest BCUT2D eigenvalue weighted by Gasteiger charge is 2.09. The van der Waals surface area contributed by atoms with Crippen molar-refractivity contribution in [3.05, 3.63) is 65.9 Å². The van der Waals surface area contributed by atoms with Crippen LogP contribution in [0.1, 0.15) is 11.1 Å². The van der Waals surface area contributed by atoms with Crippen molar-refractivity contribution in [1.29, 1.82) is 5.26 Å². The summed E-state index contributed by atoms with van der Waals surface area (Å²) in [7, 11) is -3.59. The van der Waals surface area contributed by atoms with Gasteiger partial charge in [-0.15, -0.1) is 0 Å². The Morgan fingerprint density at radius 3 is 2.64 bits per heavy atom. The van der Waals surface area contributed by atoms with Crippen molar-refractivity contribution in [2.24, 2.45) is 5.14 Å². The molecule has 25 heavy (non-hydrogen) atoms. The van der Waals surface area contributed by atoms with E-state index < -0.39 is 10.0 Å². The zero-order chi connectivity index (χ0) is 17.9. The molecule has 0 radical (unpaired) electrons. The lowest BCUT2D eigenvalue weighted by molar-refractivity contribution is 0.592. The van der Waals surface area contributed by atoms with Crippen LogP contribution in [0.25, 0.3) is 11.3 Å². The minimum atomic E-state index is -3.59. The maximum atomic E-state index is 11.2. The Balaban J connectivity index is 1.77. The minimum Gasteiger partial charge on any atom is -0.423 e. The minimum absolute atomic E-state index is 0.245. The second-order valence-electron chi connectivity index (χ2n) is 5.35. The Labute approximate surface area is 144 Å². The molecule has 3 N–H and O–H groups in total. The van der Waals surface area contributed by atoms with Gasteiger partial charge in [-0.25, -0.2) is 18.5 Å². The molecule has 0 aliphatic rings. The van der Waals surface area contributed by atoms with E-state index in [1.54, 1.807) is 54.7 Å². The molecular weight excluding hydrogens is 340 g/mol. The second kappa shape index (κ2) is 6.76. The van der Waals surface area contributed by atoms with Gasteiger partial charge >= 0.3 is 0 Å². The van der Waals surface area contributed by atoms with Gasteiger partial charge in [-0.05, 0) is 42.0 Å². The van der Waals surface area contributed by atoms with Gasteiger partial charge in [-0.3, -0.25) is 0 Å². The van der Waals surface area contributed by atoms with Crippen LogP contribution in [-0.4, -0.2) is 13.4 Å². The lowest BCUT2D eigenvalue weighted by Crippen LogP contribution is -2.14. The Bertz CT molecular complexity index is 1030. The summed E-state index contributed by atoms with van der Waals surface area (Å²) in [5, 5.41) is 16.9. The van der Waals surface area contributed by atoms with E-state index in [2.05, 4.69) is 16.4 Å². The largest absolute Gasteiger partial charge is 0.423 e. The fourth-order valence-electron chi connectivity index (χ4n) is 2.27. The summed E-state index contributed by atoms with van der Waals surface area (Å²) in [6.45, 7) is 0. The van der Waals surface area contributed by atoms with Crippen LogP contribution in [0.4, 0.5) is 11.7 Å². The zero-order valence-electron chi connectivity index (χ0n) is 13.0. The molecule has 7 nitrogen and oxygen atoms in total. The molecule has 0 aliphatic carbocycles. The molecule has 0 fully saturated rings. The zero-order valence-corrected chi connectivity index (χ0v) is 13.8. The number of rotatable bonds is 5. The molecule has 0 saturated carbocycles. The Kier molecular flexibility index (Phi) is 4.52. The SMILES string of the molecule is N#Cc1ccc(-c2cnc(Nc3cccc(CS(N)(=O)=O)c3)o2)cc1. The van der Waals surface area contributed by atoms with Gasteiger partial charge in [-0.1, -0.05) is 12.1 Å². The standard InChI is InChI=1S/C17H14N4O3S/c18-9-12-4-6-14(7-5-12)16-10-20-17(24-16)21-15-3-1-2-13(8-15)11-25(19,22)23/h1-8,10H,11H2,(H,20,21)(H2,19,22,23). The van der Waals surface area contributed by atoms with E-state index in [1.807, 2.05) is 0 Å². The van der Waals surface area contributed by atoms with Crippen LogP contribution >= 0.6 is 0 Å². The predicted molar refractivity (Wildman–Crippen MR) is 93.2 cm³/mol. The number of benzene rings is 2. The Morgan fingerprint density at radius 1 is 1.20 bits per heavy atom. The number of aromatic nitrogens is 1. The smallest absolute Gasteiger partial charge is 0.299 e. The maximum Gasteiger partial charge on any atom is 0.299 e. The predicted octanol–water partition coefficient (Wildman–Crippen LogP) is 2.75. The number of hydrogen-bond acceptors (Lipinski definition) is 6. The third kappa shape index (κ3) is 4.44. The van der Waals surface area contributed by atoms with Crippen molar-refractivity contribution in [3.8, 4) is 17.4 Å². The first-order valence-electron chi connectivity index (χ1n) is 7.26. The molecule has 0 spiro atoms. The van der Waals surface area contributed by atoms with E-state index in [1.165, 1.54) is 0 Å². The number of nitrogens with zero attached hydrogens (tertiary/aromatic N) is 2. The van der Waals surface area contributed by atoms with Crippen molar-refractivity contribution in [2.45, 2.75) is 5.75 Å². The molecule has 2 aromatic carbocycles. The summed E-state index contributed by atoms with van der Waals surface area (Å²) in [6.07, 6.45) is 1.57. The normalized spacial score (nSPS) is 11.0. The van der Waals surface area contributed by atoms with E-state index in [0.717, 1.165) is 5.56 Å². The first-order chi connectivity index (χ1) is 11.9. The highest BCUT2D eigenvalue weighted by atomic mass is 32.2. The lowest BCUT2D eigenvalue weighted by Gasteiger charge is -2.04. The topological polar surface area (TPSA) is 122 Å². The Hall–Kier alpha value is -3.15. The first kappa shape index (κ1) is 16.7. The molecule has 1 aromatic heterocycles. The number of hydrogen-bond donors (Lipinski definition) is 2. The number of oxazole rings is 1. The summed E-state index contributed by atoms with van der Waals surface area (Å²) >= 11 is 0. The van der Waals surface area contributed by atoms with Crippen molar-refractivity contribution in [3.63, 3.8) is 0 Å². The van der Waals surface area contributed by atoms with E-state index in [-0.39, 0.29) is 11.8 Å². The molecule has 0 atom stereocenters. The molecule has 0 bridgehead atoms. The van der Waals surface area contributed by atoms with Gasteiger partial charge in [0, 0.05) is 11.3 Å². The van der Waals surface area contributed by atoms with Gasteiger partial charge < -0.3 is 9.73 Å². The van der Waals surface area contributed by atoms with Gasteiger partial charge in [0.2, 0.25) is 10.0 Å². The molecule has 1 heterocycles. The van der Waals surface area contributed by atoms with E-state index in [0.29, 0.717) is 22.6 Å². The summed E-state index contributed by atoms with van der Waals surface area (Å²) in [4.78, 5) is 4.15. The van der Waals surface area contributed by atoms with Crippen LogP contribution < -0.4 is 10.5 Å². The van der Waals surface area contributed by atoms with Gasteiger partial charge in [0.25, 0.3) is 6.01 Å². The highest BCUT2D eigenvalue weighted by molar-refractivity contribution is 7.88. The number of nitriles is 1. The number of nitrogens with two attached hydrogens (primary N) is 1. The summed E-state index contributed by atoms with van der Waals surface area (Å²) in [5.41, 5.74) is 2.55. The lowest BCUT2D eigenvalue weighted by atomic mass is 10.1. The van der Waals surface area contributed by atoms with Gasteiger partial charge in [0.05, 0.1) is 23.6 Å². The molecule has 126 valence electrons. The summed E-state index contributed by atoms with van der Waals surface area (Å²) in [5.74, 6) is 0.303. The third-order valence-corrected chi connectivity index (χ3v) is 4.09. The number of anilines is 2. The van der Waals surface area contributed by atoms with Crippen molar-refractivity contribution in [1.82, 2.24) is 4.98 Å². The van der Waals surface area contributed by atoms with Crippen molar-refractivity contribution < 1.29 is 12.8 Å². The molecule has 0 aliphatic heterocycles. The average molecular weight is 354 g/mol. The van der Waals surface area contributed by atoms with Gasteiger partial charge in [0.15, 0.2) is 5.76 Å². The molecule has 0 amide bonds. The quantitative estimate of drug-likeness (QED) is 0.726. The molecule has 3 aromatic rings.